The van der Waals surface area contributed by atoms with Crippen LogP contribution in [-0.4, -0.2) is 52.0 Å². The van der Waals surface area contributed by atoms with Crippen LogP contribution in [0.3, 0.4) is 0 Å². The third-order valence-corrected chi connectivity index (χ3v) is 7.03. The van der Waals surface area contributed by atoms with Crippen LogP contribution < -0.4 is 20.5 Å². The minimum Gasteiger partial charge on any atom is -0.497 e. The molecule has 0 unspecified atom stereocenters. The highest BCUT2D eigenvalue weighted by atomic mass is 32.2. The topological polar surface area (TPSA) is 148 Å². The van der Waals surface area contributed by atoms with E-state index in [-0.39, 0.29) is 34.4 Å². The fourth-order valence-corrected chi connectivity index (χ4v) is 4.79. The first-order chi connectivity index (χ1) is 16.7. The monoisotopic (exact) mass is 519 g/mol. The molecular formula is C22H25N5O6S2. The van der Waals surface area contributed by atoms with E-state index in [2.05, 4.69) is 15.5 Å². The minimum atomic E-state index is -0.684. The summed E-state index contributed by atoms with van der Waals surface area (Å²) in [7, 11) is 3.36. The zero-order chi connectivity index (χ0) is 25.5. The number of primary amides is 1. The number of nitrogens with one attached hydrogen (secondary N) is 1. The summed E-state index contributed by atoms with van der Waals surface area (Å²) >= 11 is 2.10. The summed E-state index contributed by atoms with van der Waals surface area (Å²) in [6.45, 7) is 3.60. The number of methoxy groups -OCH3 is 1. The van der Waals surface area contributed by atoms with Crippen molar-refractivity contribution in [3.8, 4) is 11.5 Å². The number of amides is 2. The Morgan fingerprint density at radius 1 is 1.17 bits per heavy atom. The van der Waals surface area contributed by atoms with Gasteiger partial charge in [0.05, 0.1) is 29.9 Å². The summed E-state index contributed by atoms with van der Waals surface area (Å²) in [6, 6.07) is 7.16. The van der Waals surface area contributed by atoms with Crippen LogP contribution in [0.1, 0.15) is 38.3 Å². The van der Waals surface area contributed by atoms with Crippen LogP contribution in [0.2, 0.25) is 0 Å². The van der Waals surface area contributed by atoms with Crippen molar-refractivity contribution in [1.29, 1.82) is 0 Å². The molecule has 13 heteroatoms. The van der Waals surface area contributed by atoms with Crippen molar-refractivity contribution in [1.82, 2.24) is 14.8 Å². The molecule has 0 atom stereocenters. The molecular weight excluding hydrogens is 494 g/mol. The second-order valence-corrected chi connectivity index (χ2v) is 9.07. The molecule has 3 rings (SSSR count). The summed E-state index contributed by atoms with van der Waals surface area (Å²) in [5.74, 6) is 0.247. The van der Waals surface area contributed by atoms with E-state index in [1.165, 1.54) is 11.8 Å². The molecule has 0 fully saturated rings. The molecule has 0 saturated heterocycles. The lowest BCUT2D eigenvalue weighted by atomic mass is 10.1. The van der Waals surface area contributed by atoms with Gasteiger partial charge in [-0.2, -0.15) is 0 Å². The molecule has 0 bridgehead atoms. The molecule has 1 aromatic carbocycles. The Kier molecular flexibility index (Phi) is 8.71. The lowest BCUT2D eigenvalue weighted by Crippen LogP contribution is -2.17. The van der Waals surface area contributed by atoms with Crippen LogP contribution in [0.25, 0.3) is 0 Å². The Bertz CT molecular complexity index is 1220. The maximum atomic E-state index is 12.6. The van der Waals surface area contributed by atoms with E-state index in [4.69, 9.17) is 19.9 Å². The fraction of sp³-hybridized carbons (Fsp3) is 0.318. The van der Waals surface area contributed by atoms with E-state index in [0.29, 0.717) is 22.3 Å². The summed E-state index contributed by atoms with van der Waals surface area (Å²) in [6.07, 6.45) is 0. The van der Waals surface area contributed by atoms with Gasteiger partial charge < -0.3 is 29.8 Å². The van der Waals surface area contributed by atoms with Crippen LogP contribution in [0.5, 0.6) is 11.5 Å². The highest BCUT2D eigenvalue weighted by Crippen LogP contribution is 2.33. The lowest BCUT2D eigenvalue weighted by molar-refractivity contribution is -0.113. The number of thiophene rings is 1. The Hall–Kier alpha value is -3.58. The number of hydrogen-bond donors (Lipinski definition) is 2. The molecule has 0 aliphatic rings. The molecule has 0 radical (unpaired) electrons. The number of rotatable bonds is 11. The Morgan fingerprint density at radius 2 is 1.86 bits per heavy atom. The third kappa shape index (κ3) is 6.31. The lowest BCUT2D eigenvalue weighted by Gasteiger charge is -2.08. The molecule has 3 N–H and O–H groups in total. The van der Waals surface area contributed by atoms with E-state index in [9.17, 15) is 14.4 Å². The number of carbonyl (C=O) groups excluding carboxylic acids is 3. The summed E-state index contributed by atoms with van der Waals surface area (Å²) in [5, 5.41) is 11.6. The van der Waals surface area contributed by atoms with E-state index in [1.807, 2.05) is 0 Å². The molecule has 2 heterocycles. The van der Waals surface area contributed by atoms with Crippen molar-refractivity contribution >= 4 is 45.9 Å². The second-order valence-electron chi connectivity index (χ2n) is 7.10. The highest BCUT2D eigenvalue weighted by Gasteiger charge is 2.26. The zero-order valence-electron chi connectivity index (χ0n) is 19.6. The molecule has 11 nitrogen and oxygen atoms in total. The predicted octanol–water partition coefficient (Wildman–Crippen LogP) is 2.78. The van der Waals surface area contributed by atoms with Gasteiger partial charge in [0.2, 0.25) is 5.91 Å². The molecule has 0 spiro atoms. The van der Waals surface area contributed by atoms with Crippen molar-refractivity contribution in [3.63, 3.8) is 0 Å². The van der Waals surface area contributed by atoms with Crippen LogP contribution >= 0.6 is 23.1 Å². The molecule has 0 aliphatic heterocycles. The standard InChI is InChI=1S/C22H25N5O6S2/c1-5-32-21(30)17-12(2)18(19(23)29)35-20(17)24-16(28)11-34-22-26-25-15(27(22)3)10-33-14-8-6-13(31-4)7-9-14/h6-9H,5,10-11H2,1-4H3,(H2,23,29)(H,24,28). The number of aromatic nitrogens is 3. The Morgan fingerprint density at radius 3 is 2.49 bits per heavy atom. The van der Waals surface area contributed by atoms with Gasteiger partial charge in [0.1, 0.15) is 23.1 Å². The maximum absolute atomic E-state index is 12.6. The quantitative estimate of drug-likeness (QED) is 0.288. The van der Waals surface area contributed by atoms with Crippen LogP contribution in [0, 0.1) is 6.92 Å². The van der Waals surface area contributed by atoms with E-state index in [0.717, 1.165) is 17.1 Å². The van der Waals surface area contributed by atoms with Gasteiger partial charge in [-0.1, -0.05) is 11.8 Å². The van der Waals surface area contributed by atoms with E-state index >= 15 is 0 Å². The molecule has 186 valence electrons. The Labute approximate surface area is 210 Å². The number of hydrogen-bond acceptors (Lipinski definition) is 10. The first-order valence-corrected chi connectivity index (χ1v) is 12.2. The summed E-state index contributed by atoms with van der Waals surface area (Å²) in [5.41, 5.74) is 5.90. The van der Waals surface area contributed by atoms with Gasteiger partial charge in [-0.3, -0.25) is 9.59 Å². The number of benzene rings is 1. The number of nitrogens with zero attached hydrogens (tertiary/aromatic N) is 3. The van der Waals surface area contributed by atoms with Crippen LogP contribution in [-0.2, 0) is 23.2 Å². The number of nitrogens with two attached hydrogens (primary N) is 1. The fourth-order valence-electron chi connectivity index (χ4n) is 2.99. The number of ether oxygens (including phenoxy) is 3. The van der Waals surface area contributed by atoms with E-state index < -0.39 is 17.8 Å². The number of thioether (sulfide) groups is 1. The SMILES string of the molecule is CCOC(=O)c1c(NC(=O)CSc2nnc(COc3ccc(OC)cc3)n2C)sc(C(N)=O)c1C. The first kappa shape index (κ1) is 26.0. The Balaban J connectivity index is 1.62. The smallest absolute Gasteiger partial charge is 0.341 e. The second kappa shape index (κ2) is 11.7. The van der Waals surface area contributed by atoms with Crippen molar-refractivity contribution in [2.24, 2.45) is 12.8 Å². The molecule has 0 aliphatic carbocycles. The van der Waals surface area contributed by atoms with Gasteiger partial charge in [0, 0.05) is 7.05 Å². The van der Waals surface area contributed by atoms with Gasteiger partial charge in [0.25, 0.3) is 5.91 Å². The average molecular weight is 520 g/mol. The van der Waals surface area contributed by atoms with Crippen molar-refractivity contribution in [2.45, 2.75) is 25.6 Å². The van der Waals surface area contributed by atoms with Gasteiger partial charge in [-0.25, -0.2) is 4.79 Å². The normalized spacial score (nSPS) is 10.6. The minimum absolute atomic E-state index is 0.00354. The zero-order valence-corrected chi connectivity index (χ0v) is 21.2. The predicted molar refractivity (Wildman–Crippen MR) is 131 cm³/mol. The summed E-state index contributed by atoms with van der Waals surface area (Å²) in [4.78, 5) is 36.9. The number of carbonyl (C=O) groups is 3. The van der Waals surface area contributed by atoms with Crippen molar-refractivity contribution in [3.05, 3.63) is 46.1 Å². The largest absolute Gasteiger partial charge is 0.497 e. The van der Waals surface area contributed by atoms with Gasteiger partial charge in [-0.15, -0.1) is 21.5 Å². The van der Waals surface area contributed by atoms with Crippen molar-refractivity contribution < 1.29 is 28.6 Å². The van der Waals surface area contributed by atoms with Crippen LogP contribution in [0.4, 0.5) is 5.00 Å². The van der Waals surface area contributed by atoms with E-state index in [1.54, 1.807) is 56.8 Å². The van der Waals surface area contributed by atoms with Crippen molar-refractivity contribution in [2.75, 3.05) is 24.8 Å². The highest BCUT2D eigenvalue weighted by molar-refractivity contribution is 7.99. The van der Waals surface area contributed by atoms with Crippen LogP contribution in [0.15, 0.2) is 29.4 Å². The molecule has 0 saturated carbocycles. The third-order valence-electron chi connectivity index (χ3n) is 4.79. The first-order valence-electron chi connectivity index (χ1n) is 10.4. The molecule has 2 aromatic heterocycles. The van der Waals surface area contributed by atoms with Gasteiger partial charge in [0.15, 0.2) is 11.0 Å². The average Bonchev–Trinajstić information content (AvgIpc) is 3.35. The molecule has 3 aromatic rings. The number of esters is 1. The van der Waals surface area contributed by atoms with Gasteiger partial charge in [-0.05, 0) is 43.7 Å². The molecule has 35 heavy (non-hydrogen) atoms. The molecule has 2 amide bonds. The van der Waals surface area contributed by atoms with Gasteiger partial charge >= 0.3 is 5.97 Å². The maximum Gasteiger partial charge on any atom is 0.341 e. The number of anilines is 1. The summed E-state index contributed by atoms with van der Waals surface area (Å²) < 4.78 is 17.6.